The SMILES string of the molecule is CC1=CC=CC1C(N)=O. The molecule has 0 aromatic rings. The molecule has 2 nitrogen and oxygen atoms in total. The van der Waals surface area contributed by atoms with Crippen molar-refractivity contribution in [2.24, 2.45) is 11.7 Å². The van der Waals surface area contributed by atoms with E-state index in [-0.39, 0.29) is 11.8 Å². The summed E-state index contributed by atoms with van der Waals surface area (Å²) in [6.45, 7) is 1.90. The minimum atomic E-state index is -0.266. The van der Waals surface area contributed by atoms with E-state index in [0.29, 0.717) is 0 Å². The maximum Gasteiger partial charge on any atom is 0.228 e. The van der Waals surface area contributed by atoms with Crippen LogP contribution in [0.25, 0.3) is 0 Å². The van der Waals surface area contributed by atoms with E-state index in [4.69, 9.17) is 5.73 Å². The Bertz CT molecular complexity index is 191. The molecule has 0 saturated carbocycles. The smallest absolute Gasteiger partial charge is 0.228 e. The quantitative estimate of drug-likeness (QED) is 0.545. The summed E-state index contributed by atoms with van der Waals surface area (Å²) in [6.07, 6.45) is 5.55. The molecule has 0 saturated heterocycles. The van der Waals surface area contributed by atoms with Gasteiger partial charge in [0.2, 0.25) is 5.91 Å². The Hall–Kier alpha value is -1.05. The minimum Gasteiger partial charge on any atom is -0.369 e. The standard InChI is InChI=1S/C7H9NO/c1-5-3-2-4-6(5)7(8)9/h2-4,6H,1H3,(H2,8,9). The molecule has 1 amide bonds. The van der Waals surface area contributed by atoms with Gasteiger partial charge < -0.3 is 5.73 Å². The second-order valence-electron chi connectivity index (χ2n) is 2.18. The van der Waals surface area contributed by atoms with Gasteiger partial charge in [-0.1, -0.05) is 23.8 Å². The summed E-state index contributed by atoms with van der Waals surface area (Å²) in [4.78, 5) is 10.5. The molecule has 9 heavy (non-hydrogen) atoms. The zero-order chi connectivity index (χ0) is 6.85. The van der Waals surface area contributed by atoms with Crippen LogP contribution in [0.4, 0.5) is 0 Å². The van der Waals surface area contributed by atoms with E-state index in [1.165, 1.54) is 0 Å². The fourth-order valence-electron chi connectivity index (χ4n) is 0.893. The Morgan fingerprint density at radius 2 is 2.44 bits per heavy atom. The molecule has 0 heterocycles. The molecular formula is C7H9NO. The highest BCUT2D eigenvalue weighted by Gasteiger charge is 2.15. The van der Waals surface area contributed by atoms with Gasteiger partial charge in [-0.05, 0) is 6.92 Å². The molecule has 1 atom stereocenters. The first-order valence-corrected chi connectivity index (χ1v) is 2.86. The molecule has 1 aliphatic rings. The fourth-order valence-corrected chi connectivity index (χ4v) is 0.893. The molecule has 1 unspecified atom stereocenters. The van der Waals surface area contributed by atoms with Gasteiger partial charge >= 0.3 is 0 Å². The largest absolute Gasteiger partial charge is 0.369 e. The molecule has 0 radical (unpaired) electrons. The summed E-state index contributed by atoms with van der Waals surface area (Å²) in [5.74, 6) is -0.414. The van der Waals surface area contributed by atoms with Crippen molar-refractivity contribution >= 4 is 5.91 Å². The topological polar surface area (TPSA) is 43.1 Å². The second kappa shape index (κ2) is 2.05. The van der Waals surface area contributed by atoms with Crippen molar-refractivity contribution in [3.63, 3.8) is 0 Å². The lowest BCUT2D eigenvalue weighted by molar-refractivity contribution is -0.119. The Morgan fingerprint density at radius 3 is 2.67 bits per heavy atom. The van der Waals surface area contributed by atoms with E-state index in [1.54, 1.807) is 6.08 Å². The molecule has 1 aliphatic carbocycles. The Labute approximate surface area is 54.0 Å². The summed E-state index contributed by atoms with van der Waals surface area (Å²) >= 11 is 0. The van der Waals surface area contributed by atoms with Gasteiger partial charge in [-0.3, -0.25) is 4.79 Å². The zero-order valence-electron chi connectivity index (χ0n) is 5.29. The van der Waals surface area contributed by atoms with E-state index in [2.05, 4.69) is 0 Å². The predicted octanol–water partition coefficient (Wildman–Crippen LogP) is 0.604. The summed E-state index contributed by atoms with van der Waals surface area (Å²) in [7, 11) is 0. The first-order chi connectivity index (χ1) is 4.22. The lowest BCUT2D eigenvalue weighted by Gasteiger charge is -2.02. The first kappa shape index (κ1) is 6.08. The molecule has 2 heteroatoms. The zero-order valence-corrected chi connectivity index (χ0v) is 5.29. The fraction of sp³-hybridized carbons (Fsp3) is 0.286. The van der Waals surface area contributed by atoms with Crippen molar-refractivity contribution in [2.75, 3.05) is 0 Å². The van der Waals surface area contributed by atoms with Crippen LogP contribution in [0, 0.1) is 5.92 Å². The van der Waals surface area contributed by atoms with Gasteiger partial charge in [0.25, 0.3) is 0 Å². The van der Waals surface area contributed by atoms with Crippen molar-refractivity contribution in [3.8, 4) is 0 Å². The molecule has 0 aromatic heterocycles. The van der Waals surface area contributed by atoms with E-state index in [9.17, 15) is 4.79 Å². The maximum absolute atomic E-state index is 10.5. The van der Waals surface area contributed by atoms with Crippen molar-refractivity contribution < 1.29 is 4.79 Å². The van der Waals surface area contributed by atoms with Crippen LogP contribution in [0.5, 0.6) is 0 Å². The van der Waals surface area contributed by atoms with E-state index >= 15 is 0 Å². The van der Waals surface area contributed by atoms with Crippen molar-refractivity contribution in [2.45, 2.75) is 6.92 Å². The number of primary amides is 1. The van der Waals surface area contributed by atoms with Crippen LogP contribution >= 0.6 is 0 Å². The number of rotatable bonds is 1. The Kier molecular flexibility index (Phi) is 1.39. The number of hydrogen-bond acceptors (Lipinski definition) is 1. The van der Waals surface area contributed by atoms with Crippen LogP contribution in [0.1, 0.15) is 6.92 Å². The predicted molar refractivity (Wildman–Crippen MR) is 35.6 cm³/mol. The number of carbonyl (C=O) groups is 1. The van der Waals surface area contributed by atoms with Crippen LogP contribution in [0.15, 0.2) is 23.8 Å². The lowest BCUT2D eigenvalue weighted by atomic mass is 10.0. The maximum atomic E-state index is 10.5. The molecule has 48 valence electrons. The first-order valence-electron chi connectivity index (χ1n) is 2.86. The number of amides is 1. The third kappa shape index (κ3) is 1.02. The number of allylic oxidation sites excluding steroid dienone is 2. The van der Waals surface area contributed by atoms with E-state index in [0.717, 1.165) is 5.57 Å². The molecule has 0 bridgehead atoms. The van der Waals surface area contributed by atoms with Crippen molar-refractivity contribution in [1.82, 2.24) is 0 Å². The number of hydrogen-bond donors (Lipinski definition) is 1. The van der Waals surface area contributed by atoms with Gasteiger partial charge in [0.1, 0.15) is 0 Å². The summed E-state index contributed by atoms with van der Waals surface area (Å²) in [5, 5.41) is 0. The normalized spacial score (nSPS) is 24.1. The van der Waals surface area contributed by atoms with Gasteiger partial charge in [-0.25, -0.2) is 0 Å². The minimum absolute atomic E-state index is 0.148. The molecule has 0 aliphatic heterocycles. The molecule has 1 rings (SSSR count). The van der Waals surface area contributed by atoms with Crippen LogP contribution in [0.2, 0.25) is 0 Å². The highest BCUT2D eigenvalue weighted by Crippen LogP contribution is 2.16. The van der Waals surface area contributed by atoms with Gasteiger partial charge in [-0.2, -0.15) is 0 Å². The molecule has 0 aromatic carbocycles. The average Bonchev–Trinajstić information content (AvgIpc) is 2.13. The summed E-state index contributed by atoms with van der Waals surface area (Å²) in [5.41, 5.74) is 6.09. The second-order valence-corrected chi connectivity index (χ2v) is 2.18. The lowest BCUT2D eigenvalue weighted by Crippen LogP contribution is -2.20. The van der Waals surface area contributed by atoms with Crippen LogP contribution in [0.3, 0.4) is 0 Å². The number of nitrogens with two attached hydrogens (primary N) is 1. The molecule has 2 N–H and O–H groups in total. The van der Waals surface area contributed by atoms with Crippen LogP contribution in [-0.2, 0) is 4.79 Å². The third-order valence-corrected chi connectivity index (χ3v) is 1.46. The Balaban J connectivity index is 2.74. The third-order valence-electron chi connectivity index (χ3n) is 1.46. The highest BCUT2D eigenvalue weighted by atomic mass is 16.1. The summed E-state index contributed by atoms with van der Waals surface area (Å²) in [6, 6.07) is 0. The Morgan fingerprint density at radius 1 is 1.78 bits per heavy atom. The van der Waals surface area contributed by atoms with Crippen LogP contribution in [-0.4, -0.2) is 5.91 Å². The van der Waals surface area contributed by atoms with Gasteiger partial charge in [0, 0.05) is 0 Å². The van der Waals surface area contributed by atoms with Crippen LogP contribution < -0.4 is 5.73 Å². The number of carbonyl (C=O) groups excluding carboxylic acids is 1. The average molecular weight is 123 g/mol. The molecule has 0 spiro atoms. The van der Waals surface area contributed by atoms with Gasteiger partial charge in [0.15, 0.2) is 0 Å². The highest BCUT2D eigenvalue weighted by molar-refractivity contribution is 5.82. The van der Waals surface area contributed by atoms with Crippen molar-refractivity contribution in [3.05, 3.63) is 23.8 Å². The van der Waals surface area contributed by atoms with Gasteiger partial charge in [0.05, 0.1) is 5.92 Å². The van der Waals surface area contributed by atoms with E-state index < -0.39 is 0 Å². The van der Waals surface area contributed by atoms with Gasteiger partial charge in [-0.15, -0.1) is 0 Å². The van der Waals surface area contributed by atoms with Crippen molar-refractivity contribution in [1.29, 1.82) is 0 Å². The molecular weight excluding hydrogens is 114 g/mol. The summed E-state index contributed by atoms with van der Waals surface area (Å²) < 4.78 is 0. The monoisotopic (exact) mass is 123 g/mol. The molecule has 0 fully saturated rings. The van der Waals surface area contributed by atoms with E-state index in [1.807, 2.05) is 19.1 Å².